The van der Waals surface area contributed by atoms with E-state index in [4.69, 9.17) is 0 Å². The van der Waals surface area contributed by atoms with Gasteiger partial charge in [0, 0.05) is 30.2 Å². The Morgan fingerprint density at radius 3 is 2.22 bits per heavy atom. The van der Waals surface area contributed by atoms with E-state index in [1.807, 2.05) is 51.3 Å². The molecule has 0 bridgehead atoms. The fraction of sp³-hybridized carbons (Fsp3) is 0.348. The van der Waals surface area contributed by atoms with Crippen molar-refractivity contribution in [1.29, 1.82) is 0 Å². The second-order valence-electron chi connectivity index (χ2n) is 8.34. The largest absolute Gasteiger partial charge is 0.298 e. The van der Waals surface area contributed by atoms with Crippen LogP contribution in [0.5, 0.6) is 0 Å². The van der Waals surface area contributed by atoms with Gasteiger partial charge in [-0.15, -0.1) is 11.3 Å². The highest BCUT2D eigenvalue weighted by molar-refractivity contribution is 7.89. The van der Waals surface area contributed by atoms with E-state index in [1.165, 1.54) is 39.9 Å². The molecule has 9 heteroatoms. The van der Waals surface area contributed by atoms with E-state index in [2.05, 4.69) is 15.3 Å². The standard InChI is InChI=1S/C23H28N4O3S2/c1-16(2)13-27(14-17(3)4)32(29,30)19-10-8-18(9-11-19)22(28)26-23-25-21(15-31-23)20-7-5-6-12-24-20/h5-12,15-17H,13-14H2,1-4H3,(H,25,26,28). The molecule has 0 atom stereocenters. The van der Waals surface area contributed by atoms with E-state index < -0.39 is 10.0 Å². The molecule has 0 spiro atoms. The molecule has 3 aromatic rings. The molecule has 0 saturated carbocycles. The van der Waals surface area contributed by atoms with Crippen LogP contribution in [0.3, 0.4) is 0 Å². The Labute approximate surface area is 193 Å². The van der Waals surface area contributed by atoms with E-state index in [9.17, 15) is 13.2 Å². The summed E-state index contributed by atoms with van der Waals surface area (Å²) in [5.41, 5.74) is 1.77. The maximum Gasteiger partial charge on any atom is 0.257 e. The summed E-state index contributed by atoms with van der Waals surface area (Å²) in [6, 6.07) is 11.6. The molecule has 0 aliphatic rings. The quantitative estimate of drug-likeness (QED) is 0.485. The number of hydrogen-bond acceptors (Lipinski definition) is 6. The van der Waals surface area contributed by atoms with Gasteiger partial charge in [0.15, 0.2) is 5.13 Å². The Bertz CT molecular complexity index is 1130. The van der Waals surface area contributed by atoms with Crippen molar-refractivity contribution in [2.75, 3.05) is 18.4 Å². The third-order valence-corrected chi connectivity index (χ3v) is 7.15. The summed E-state index contributed by atoms with van der Waals surface area (Å²) in [5.74, 6) is 0.0720. The highest BCUT2D eigenvalue weighted by Crippen LogP contribution is 2.24. The molecule has 0 radical (unpaired) electrons. The van der Waals surface area contributed by atoms with Gasteiger partial charge in [0.1, 0.15) is 5.69 Å². The molecule has 0 aliphatic heterocycles. The summed E-state index contributed by atoms with van der Waals surface area (Å²) < 4.78 is 27.8. The van der Waals surface area contributed by atoms with Crippen LogP contribution in [-0.4, -0.2) is 41.7 Å². The fourth-order valence-corrected chi connectivity index (χ4v) is 5.61. The highest BCUT2D eigenvalue weighted by atomic mass is 32.2. The van der Waals surface area contributed by atoms with Crippen LogP contribution < -0.4 is 5.32 Å². The van der Waals surface area contributed by atoms with Gasteiger partial charge in [-0.05, 0) is 48.2 Å². The number of carbonyl (C=O) groups is 1. The number of anilines is 1. The maximum atomic E-state index is 13.1. The summed E-state index contributed by atoms with van der Waals surface area (Å²) in [6.07, 6.45) is 1.69. The average molecular weight is 473 g/mol. The molecule has 32 heavy (non-hydrogen) atoms. The van der Waals surface area contributed by atoms with E-state index in [1.54, 1.807) is 6.20 Å². The Kier molecular flexibility index (Phi) is 7.76. The van der Waals surface area contributed by atoms with Crippen LogP contribution in [0.4, 0.5) is 5.13 Å². The van der Waals surface area contributed by atoms with Gasteiger partial charge in [-0.2, -0.15) is 4.31 Å². The predicted molar refractivity (Wildman–Crippen MR) is 128 cm³/mol. The topological polar surface area (TPSA) is 92.3 Å². The molecule has 0 saturated heterocycles. The zero-order valence-corrected chi connectivity index (χ0v) is 20.3. The van der Waals surface area contributed by atoms with Crippen LogP contribution in [0.2, 0.25) is 0 Å². The molecule has 0 unspecified atom stereocenters. The zero-order valence-electron chi connectivity index (χ0n) is 18.6. The van der Waals surface area contributed by atoms with Crippen molar-refractivity contribution in [2.24, 2.45) is 11.8 Å². The SMILES string of the molecule is CC(C)CN(CC(C)C)S(=O)(=O)c1ccc(C(=O)Nc2nc(-c3ccccn3)cs2)cc1. The lowest BCUT2D eigenvalue weighted by molar-refractivity contribution is 0.102. The number of hydrogen-bond donors (Lipinski definition) is 1. The van der Waals surface area contributed by atoms with Gasteiger partial charge >= 0.3 is 0 Å². The summed E-state index contributed by atoms with van der Waals surface area (Å²) in [7, 11) is -3.64. The number of rotatable bonds is 9. The molecule has 3 rings (SSSR count). The maximum absolute atomic E-state index is 13.1. The fourth-order valence-electron chi connectivity index (χ4n) is 3.15. The number of nitrogens with one attached hydrogen (secondary N) is 1. The molecular weight excluding hydrogens is 444 g/mol. The Balaban J connectivity index is 1.73. The first-order chi connectivity index (χ1) is 15.2. The zero-order chi connectivity index (χ0) is 23.3. The third kappa shape index (κ3) is 5.99. The molecule has 2 aromatic heterocycles. The molecule has 1 aromatic carbocycles. The summed E-state index contributed by atoms with van der Waals surface area (Å²) in [4.78, 5) is 21.5. The van der Waals surface area contributed by atoms with Crippen LogP contribution in [0, 0.1) is 11.8 Å². The normalized spacial score (nSPS) is 12.0. The molecular formula is C23H28N4O3S2. The van der Waals surface area contributed by atoms with Crippen molar-refractivity contribution in [1.82, 2.24) is 14.3 Å². The molecule has 0 fully saturated rings. The van der Waals surface area contributed by atoms with Crippen LogP contribution in [0.15, 0.2) is 58.9 Å². The number of thiazole rings is 1. The monoisotopic (exact) mass is 472 g/mol. The summed E-state index contributed by atoms with van der Waals surface area (Å²) in [6.45, 7) is 8.88. The van der Waals surface area contributed by atoms with Crippen molar-refractivity contribution in [2.45, 2.75) is 32.6 Å². The van der Waals surface area contributed by atoms with E-state index >= 15 is 0 Å². The molecule has 1 N–H and O–H groups in total. The minimum absolute atomic E-state index is 0.182. The minimum atomic E-state index is -3.64. The van der Waals surface area contributed by atoms with Crippen LogP contribution in [0.25, 0.3) is 11.4 Å². The average Bonchev–Trinajstić information content (AvgIpc) is 3.22. The smallest absolute Gasteiger partial charge is 0.257 e. The number of benzene rings is 1. The molecule has 1 amide bonds. The van der Waals surface area contributed by atoms with Gasteiger partial charge in [-0.25, -0.2) is 13.4 Å². The van der Waals surface area contributed by atoms with Crippen LogP contribution in [-0.2, 0) is 10.0 Å². The first kappa shape index (κ1) is 24.0. The lowest BCUT2D eigenvalue weighted by Gasteiger charge is -2.25. The first-order valence-electron chi connectivity index (χ1n) is 10.5. The van der Waals surface area contributed by atoms with E-state index in [-0.39, 0.29) is 22.6 Å². The Hall–Kier alpha value is -2.62. The van der Waals surface area contributed by atoms with E-state index in [0.29, 0.717) is 29.5 Å². The minimum Gasteiger partial charge on any atom is -0.298 e. The van der Waals surface area contributed by atoms with Crippen molar-refractivity contribution < 1.29 is 13.2 Å². The van der Waals surface area contributed by atoms with Gasteiger partial charge in [-0.1, -0.05) is 33.8 Å². The second kappa shape index (κ2) is 10.3. The van der Waals surface area contributed by atoms with E-state index in [0.717, 1.165) is 5.69 Å². The number of sulfonamides is 1. The lowest BCUT2D eigenvalue weighted by atomic mass is 10.2. The molecule has 2 heterocycles. The van der Waals surface area contributed by atoms with Crippen molar-refractivity contribution >= 4 is 32.4 Å². The van der Waals surface area contributed by atoms with Gasteiger partial charge < -0.3 is 0 Å². The summed E-state index contributed by atoms with van der Waals surface area (Å²) in [5, 5.41) is 5.04. The van der Waals surface area contributed by atoms with Gasteiger partial charge in [0.25, 0.3) is 5.91 Å². The summed E-state index contributed by atoms with van der Waals surface area (Å²) >= 11 is 1.30. The van der Waals surface area contributed by atoms with Gasteiger partial charge in [-0.3, -0.25) is 15.1 Å². The van der Waals surface area contributed by atoms with Gasteiger partial charge in [0.2, 0.25) is 10.0 Å². The second-order valence-corrected chi connectivity index (χ2v) is 11.1. The van der Waals surface area contributed by atoms with Gasteiger partial charge in [0.05, 0.1) is 10.6 Å². The molecule has 170 valence electrons. The van der Waals surface area contributed by atoms with Crippen molar-refractivity contribution in [3.63, 3.8) is 0 Å². The van der Waals surface area contributed by atoms with Crippen LogP contribution in [0.1, 0.15) is 38.1 Å². The number of nitrogens with zero attached hydrogens (tertiary/aromatic N) is 3. The lowest BCUT2D eigenvalue weighted by Crippen LogP contribution is -2.37. The van der Waals surface area contributed by atoms with Crippen LogP contribution >= 0.6 is 11.3 Å². The number of carbonyl (C=O) groups excluding carboxylic acids is 1. The molecule has 7 nitrogen and oxygen atoms in total. The highest BCUT2D eigenvalue weighted by Gasteiger charge is 2.26. The predicted octanol–water partition coefficient (Wildman–Crippen LogP) is 4.76. The molecule has 0 aliphatic carbocycles. The third-order valence-electron chi connectivity index (χ3n) is 4.54. The van der Waals surface area contributed by atoms with Crippen molar-refractivity contribution in [3.05, 3.63) is 59.6 Å². The number of aromatic nitrogens is 2. The van der Waals surface area contributed by atoms with Crippen molar-refractivity contribution in [3.8, 4) is 11.4 Å². The number of amides is 1. The number of pyridine rings is 1. The first-order valence-corrected chi connectivity index (χ1v) is 12.8. The Morgan fingerprint density at radius 1 is 1.00 bits per heavy atom. The Morgan fingerprint density at radius 2 is 1.66 bits per heavy atom.